The van der Waals surface area contributed by atoms with Gasteiger partial charge in [-0.2, -0.15) is 5.26 Å². The van der Waals surface area contributed by atoms with E-state index in [4.69, 9.17) is 5.26 Å². The van der Waals surface area contributed by atoms with Crippen molar-refractivity contribution in [2.75, 3.05) is 4.72 Å². The highest BCUT2D eigenvalue weighted by molar-refractivity contribution is 7.96. The molecule has 0 aliphatic heterocycles. The van der Waals surface area contributed by atoms with E-state index in [2.05, 4.69) is 0 Å². The molecule has 136 valence electrons. The van der Waals surface area contributed by atoms with Crippen molar-refractivity contribution in [3.05, 3.63) is 69.6 Å². The summed E-state index contributed by atoms with van der Waals surface area (Å²) in [7, 11) is -4.75. The number of sulfonamides is 1. The lowest BCUT2D eigenvalue weighted by atomic mass is 10.1. The molecule has 0 aliphatic carbocycles. The fourth-order valence-electron chi connectivity index (χ4n) is 1.78. The molecule has 11 heteroatoms. The smallest absolute Gasteiger partial charge is 0.272 e. The van der Waals surface area contributed by atoms with Crippen molar-refractivity contribution in [3.63, 3.8) is 0 Å². The molecule has 0 saturated carbocycles. The predicted octanol–water partition coefficient (Wildman–Crippen LogP) is 3.83. The molecule has 26 heavy (non-hydrogen) atoms. The Labute approximate surface area is 143 Å². The first kappa shape index (κ1) is 19.3. The Kier molecular flexibility index (Phi) is 5.27. The molecule has 0 atom stereocenters. The van der Waals surface area contributed by atoms with Crippen LogP contribution in [0.2, 0.25) is 0 Å². The molecule has 4 nitrogen and oxygen atoms in total. The number of hydrogen-bond acceptors (Lipinski definition) is 3. The van der Waals surface area contributed by atoms with E-state index in [-0.39, 0.29) is 11.8 Å². The van der Waals surface area contributed by atoms with Crippen LogP contribution in [0.5, 0.6) is 0 Å². The van der Waals surface area contributed by atoms with Gasteiger partial charge in [-0.25, -0.2) is 34.8 Å². The topological polar surface area (TPSA) is 70.0 Å². The van der Waals surface area contributed by atoms with Gasteiger partial charge in [-0.15, -0.1) is 0 Å². The van der Waals surface area contributed by atoms with Crippen molar-refractivity contribution < 1.29 is 34.8 Å². The molecule has 0 saturated heterocycles. The highest BCUT2D eigenvalue weighted by Crippen LogP contribution is 2.26. The number of nitrogens with zero attached hydrogens (tertiary/aromatic N) is 1. The highest BCUT2D eigenvalue weighted by atomic mass is 32.2. The Bertz CT molecular complexity index is 1010. The van der Waals surface area contributed by atoms with Crippen LogP contribution in [0.15, 0.2) is 29.2 Å². The van der Waals surface area contributed by atoms with Crippen molar-refractivity contribution in [1.82, 2.24) is 0 Å². The summed E-state index contributed by atoms with van der Waals surface area (Å²) in [5.41, 5.74) is -1.80. The van der Waals surface area contributed by atoms with Crippen LogP contribution in [0.3, 0.4) is 0 Å². The Morgan fingerprint density at radius 2 is 1.35 bits per heavy atom. The number of nitrogens with one attached hydrogen (secondary N) is 1. The van der Waals surface area contributed by atoms with Crippen LogP contribution in [0.1, 0.15) is 5.56 Å². The zero-order valence-corrected chi connectivity index (χ0v) is 13.1. The van der Waals surface area contributed by atoms with Crippen LogP contribution in [0, 0.1) is 46.2 Å². The fraction of sp³-hybridized carbons (Fsp3) is 0. The molecule has 1 N–H and O–H groups in total. The molecule has 2 aromatic carbocycles. The summed E-state index contributed by atoms with van der Waals surface area (Å²) >= 11 is 0. The molecule has 0 unspecified atom stereocenters. The minimum atomic E-state index is -4.75. The Balaban J connectivity index is 2.55. The molecule has 2 rings (SSSR count). The van der Waals surface area contributed by atoms with E-state index in [9.17, 15) is 34.8 Å². The van der Waals surface area contributed by atoms with Gasteiger partial charge in [0.05, 0.1) is 5.56 Å². The molecule has 0 heterocycles. The van der Waals surface area contributed by atoms with Gasteiger partial charge in [-0.3, -0.25) is 4.72 Å². The Hall–Kier alpha value is -3.00. The van der Waals surface area contributed by atoms with Crippen LogP contribution in [0.4, 0.5) is 32.0 Å². The van der Waals surface area contributed by atoms with E-state index in [0.29, 0.717) is 0 Å². The number of benzene rings is 2. The standard InChI is InChI=1S/C15H6F6N2O2S/c16-7-1-3-8(4-2-7)23-26(24,25)9(6-22)5-10-11(17)13(19)15(21)14(20)12(10)18/h1-5,23H/b9-5-. The van der Waals surface area contributed by atoms with E-state index in [1.165, 1.54) is 0 Å². The minimum absolute atomic E-state index is 0.00211. The van der Waals surface area contributed by atoms with Crippen molar-refractivity contribution in [2.45, 2.75) is 0 Å². The SMILES string of the molecule is N#C/C(=C/c1c(F)c(F)c(F)c(F)c1F)S(=O)(=O)Nc1ccc(F)cc1. The van der Waals surface area contributed by atoms with Gasteiger partial charge in [-0.05, 0) is 30.3 Å². The van der Waals surface area contributed by atoms with Gasteiger partial charge in [-0.1, -0.05) is 0 Å². The molecule has 2 aromatic rings. The second kappa shape index (κ2) is 7.09. The second-order valence-electron chi connectivity index (χ2n) is 4.72. The maximum absolute atomic E-state index is 13.6. The first-order valence-electron chi connectivity index (χ1n) is 6.50. The van der Waals surface area contributed by atoms with Crippen LogP contribution >= 0.6 is 0 Å². The average Bonchev–Trinajstić information content (AvgIpc) is 2.60. The molecule has 0 bridgehead atoms. The lowest BCUT2D eigenvalue weighted by molar-refractivity contribution is 0.377. The summed E-state index contributed by atoms with van der Waals surface area (Å²) in [6, 6.07) is 4.84. The van der Waals surface area contributed by atoms with E-state index in [1.54, 1.807) is 4.72 Å². The molecule has 0 aromatic heterocycles. The third kappa shape index (κ3) is 3.65. The number of anilines is 1. The summed E-state index contributed by atoms with van der Waals surface area (Å²) in [6.45, 7) is 0. The van der Waals surface area contributed by atoms with Crippen molar-refractivity contribution in [1.29, 1.82) is 5.26 Å². The molecule has 0 fully saturated rings. The minimum Gasteiger partial charge on any atom is -0.279 e. The second-order valence-corrected chi connectivity index (χ2v) is 6.37. The van der Waals surface area contributed by atoms with E-state index < -0.39 is 55.4 Å². The van der Waals surface area contributed by atoms with E-state index in [1.807, 2.05) is 0 Å². The maximum atomic E-state index is 13.6. The van der Waals surface area contributed by atoms with Crippen molar-refractivity contribution >= 4 is 21.8 Å². The zero-order chi connectivity index (χ0) is 19.6. The lowest BCUT2D eigenvalue weighted by Crippen LogP contribution is -2.15. The Morgan fingerprint density at radius 3 is 1.81 bits per heavy atom. The van der Waals surface area contributed by atoms with Crippen molar-refractivity contribution in [2.24, 2.45) is 0 Å². The summed E-state index contributed by atoms with van der Waals surface area (Å²) < 4.78 is 105. The van der Waals surface area contributed by atoms with Crippen molar-refractivity contribution in [3.8, 4) is 6.07 Å². The molecule has 0 radical (unpaired) electrons. The van der Waals surface area contributed by atoms with Gasteiger partial charge < -0.3 is 0 Å². The largest absolute Gasteiger partial charge is 0.279 e. The summed E-state index contributed by atoms with van der Waals surface area (Å²) in [6.07, 6.45) is 0.00211. The van der Waals surface area contributed by atoms with Crippen LogP contribution in [0.25, 0.3) is 6.08 Å². The van der Waals surface area contributed by atoms with Crippen LogP contribution in [-0.2, 0) is 10.0 Å². The van der Waals surface area contributed by atoms with Gasteiger partial charge >= 0.3 is 0 Å². The number of rotatable bonds is 4. The summed E-state index contributed by atoms with van der Waals surface area (Å²) in [5, 5.41) is 8.92. The number of nitriles is 1. The molecule has 0 amide bonds. The van der Waals surface area contributed by atoms with Crippen LogP contribution < -0.4 is 4.72 Å². The number of hydrogen-bond donors (Lipinski definition) is 1. The third-order valence-electron chi connectivity index (χ3n) is 3.02. The van der Waals surface area contributed by atoms with E-state index in [0.717, 1.165) is 30.3 Å². The Morgan fingerprint density at radius 1 is 0.885 bits per heavy atom. The highest BCUT2D eigenvalue weighted by Gasteiger charge is 2.27. The first-order chi connectivity index (χ1) is 12.1. The van der Waals surface area contributed by atoms with E-state index >= 15 is 0 Å². The molecular weight excluding hydrogens is 386 g/mol. The average molecular weight is 392 g/mol. The monoisotopic (exact) mass is 392 g/mol. The number of halogens is 6. The van der Waals surface area contributed by atoms with Gasteiger partial charge in [0.2, 0.25) is 5.82 Å². The molecule has 0 aliphatic rings. The van der Waals surface area contributed by atoms with Crippen LogP contribution in [-0.4, -0.2) is 8.42 Å². The summed E-state index contributed by atoms with van der Waals surface area (Å²) in [4.78, 5) is -1.33. The lowest BCUT2D eigenvalue weighted by Gasteiger charge is -2.08. The molecular formula is C15H6F6N2O2S. The fourth-order valence-corrected chi connectivity index (χ4v) is 2.73. The van der Waals surface area contributed by atoms with Gasteiger partial charge in [0.15, 0.2) is 28.2 Å². The predicted molar refractivity (Wildman–Crippen MR) is 78.8 cm³/mol. The molecule has 0 spiro atoms. The first-order valence-corrected chi connectivity index (χ1v) is 7.98. The normalized spacial score (nSPS) is 12.0. The van der Waals surface area contributed by atoms with Gasteiger partial charge in [0.1, 0.15) is 11.9 Å². The summed E-state index contributed by atoms with van der Waals surface area (Å²) in [5.74, 6) is -12.3. The van der Waals surface area contributed by atoms with Gasteiger partial charge in [0.25, 0.3) is 10.0 Å². The maximum Gasteiger partial charge on any atom is 0.272 e. The zero-order valence-electron chi connectivity index (χ0n) is 12.3. The number of allylic oxidation sites excluding steroid dienone is 1. The van der Waals surface area contributed by atoms with Gasteiger partial charge in [0, 0.05) is 5.69 Å². The quantitative estimate of drug-likeness (QED) is 0.372. The third-order valence-corrected chi connectivity index (χ3v) is 4.31.